The molecule has 172 valence electrons. The summed E-state index contributed by atoms with van der Waals surface area (Å²) in [6.45, 7) is 1.40. The van der Waals surface area contributed by atoms with Gasteiger partial charge in [0.1, 0.15) is 17.1 Å². The van der Waals surface area contributed by atoms with Gasteiger partial charge in [0.15, 0.2) is 10.8 Å². The number of carboxylic acids is 1. The van der Waals surface area contributed by atoms with Gasteiger partial charge >= 0.3 is 29.6 Å². The molecule has 2 unspecified atom stereocenters. The van der Waals surface area contributed by atoms with E-state index in [9.17, 15) is 24.7 Å². The van der Waals surface area contributed by atoms with Crippen molar-refractivity contribution in [2.45, 2.75) is 24.3 Å². The zero-order valence-corrected chi connectivity index (χ0v) is 22.1. The van der Waals surface area contributed by atoms with Gasteiger partial charge in [-0.15, -0.1) is 34.9 Å². The summed E-state index contributed by atoms with van der Waals surface area (Å²) in [6, 6.07) is -0.961. The minimum absolute atomic E-state index is 0. The van der Waals surface area contributed by atoms with Crippen LogP contribution < -0.4 is 45.7 Å². The molecule has 2 amide bonds. The molecule has 2 atom stereocenters. The number of fused-ring (bicyclic) bond motifs is 1. The summed E-state index contributed by atoms with van der Waals surface area (Å²) in [7, 11) is 0. The van der Waals surface area contributed by atoms with Crippen LogP contribution in [0.2, 0.25) is 0 Å². The number of nitrogens with two attached hydrogens (primary N) is 1. The fraction of sp³-hybridized carbons (Fsp3) is 0.500. The van der Waals surface area contributed by atoms with Crippen LogP contribution in [0.5, 0.6) is 0 Å². The Labute approximate surface area is 223 Å². The van der Waals surface area contributed by atoms with Gasteiger partial charge in [0.05, 0.1) is 11.7 Å². The van der Waals surface area contributed by atoms with Gasteiger partial charge in [-0.3, -0.25) is 14.5 Å². The molecule has 0 aromatic carbocycles. The van der Waals surface area contributed by atoms with Crippen molar-refractivity contribution in [1.29, 1.82) is 0 Å². The predicted molar refractivity (Wildman–Crippen MR) is 118 cm³/mol. The quantitative estimate of drug-likeness (QED) is 0.107. The molecule has 4 rings (SSSR count). The monoisotopic (exact) mass is 521 g/mol. The fourth-order valence-electron chi connectivity index (χ4n) is 3.64. The molecular weight excluding hydrogens is 501 g/mol. The minimum Gasteiger partial charge on any atom is -0.543 e. The van der Waals surface area contributed by atoms with E-state index in [2.05, 4.69) is 15.5 Å². The summed E-state index contributed by atoms with van der Waals surface area (Å²) in [6.07, 6.45) is 1.85. The second kappa shape index (κ2) is 11.4. The molecule has 4 heterocycles. The molecule has 1 aromatic rings. The Morgan fingerprint density at radius 1 is 1.42 bits per heavy atom. The average Bonchev–Trinajstić information content (AvgIpc) is 3.22. The number of amides is 2. The molecule has 0 bridgehead atoms. The van der Waals surface area contributed by atoms with Gasteiger partial charge < -0.3 is 30.9 Å². The maximum absolute atomic E-state index is 12.8. The summed E-state index contributed by atoms with van der Waals surface area (Å²) >= 11 is 3.87. The second-order valence-electron chi connectivity index (χ2n) is 7.31. The number of carbonyl (C=O) groups excluding carboxylic acids is 3. The molecule has 3 aliphatic rings. The van der Waals surface area contributed by atoms with E-state index < -0.39 is 29.2 Å². The molecule has 11 nitrogen and oxygen atoms in total. The number of carboxylic acid groups (broad SMARTS) is 1. The van der Waals surface area contributed by atoms with E-state index in [1.165, 1.54) is 28.9 Å². The van der Waals surface area contributed by atoms with Gasteiger partial charge in [-0.2, -0.15) is 0 Å². The van der Waals surface area contributed by atoms with Crippen LogP contribution in [0.1, 0.15) is 18.5 Å². The van der Waals surface area contributed by atoms with Crippen LogP contribution in [0, 0.1) is 5.92 Å². The van der Waals surface area contributed by atoms with Crippen molar-refractivity contribution >= 4 is 63.5 Å². The largest absolute Gasteiger partial charge is 1.00 e. The van der Waals surface area contributed by atoms with Crippen molar-refractivity contribution in [3.8, 4) is 0 Å². The molecule has 33 heavy (non-hydrogen) atoms. The first kappa shape index (κ1) is 26.3. The van der Waals surface area contributed by atoms with Crippen LogP contribution in [-0.2, 0) is 19.1 Å². The van der Waals surface area contributed by atoms with E-state index in [1.54, 1.807) is 0 Å². The zero-order chi connectivity index (χ0) is 22.8. The summed E-state index contributed by atoms with van der Waals surface area (Å²) in [5, 5.41) is 27.6. The van der Waals surface area contributed by atoms with Gasteiger partial charge in [0, 0.05) is 35.0 Å². The average molecular weight is 522 g/mol. The zero-order valence-electron chi connectivity index (χ0n) is 17.7. The maximum atomic E-state index is 12.8. The van der Waals surface area contributed by atoms with Crippen molar-refractivity contribution in [3.63, 3.8) is 0 Å². The van der Waals surface area contributed by atoms with Gasteiger partial charge in [-0.05, 0) is 18.8 Å². The van der Waals surface area contributed by atoms with Crippen molar-refractivity contribution in [1.82, 2.24) is 15.2 Å². The molecule has 2 fully saturated rings. The van der Waals surface area contributed by atoms with Crippen LogP contribution >= 0.6 is 34.9 Å². The van der Waals surface area contributed by atoms with E-state index in [-0.39, 0.29) is 51.8 Å². The van der Waals surface area contributed by atoms with Crippen LogP contribution in [-0.4, -0.2) is 74.7 Å². The first-order valence-electron chi connectivity index (χ1n) is 9.74. The van der Waals surface area contributed by atoms with Gasteiger partial charge in [0.25, 0.3) is 11.8 Å². The Hall–Kier alpha value is -1.29. The number of nitrogens with zero attached hydrogens (tertiary/aromatic N) is 3. The first-order chi connectivity index (χ1) is 15.4. The number of ether oxygens (including phenoxy) is 1. The van der Waals surface area contributed by atoms with Gasteiger partial charge in [-0.1, -0.05) is 5.16 Å². The number of nitrogens with one attached hydrogen (secondary N) is 1. The van der Waals surface area contributed by atoms with Crippen molar-refractivity contribution in [3.05, 3.63) is 21.7 Å². The van der Waals surface area contributed by atoms with E-state index in [0.29, 0.717) is 29.8 Å². The van der Waals surface area contributed by atoms with Crippen LogP contribution in [0.3, 0.4) is 0 Å². The van der Waals surface area contributed by atoms with Crippen LogP contribution in [0.25, 0.3) is 0 Å². The third kappa shape index (κ3) is 5.52. The number of hydrogen-bond donors (Lipinski definition) is 3. The summed E-state index contributed by atoms with van der Waals surface area (Å²) in [4.78, 5) is 42.8. The molecular formula is C18H20N5NaO6S3. The van der Waals surface area contributed by atoms with Gasteiger partial charge in [-0.25, -0.2) is 4.98 Å². The number of rotatable bonds is 7. The van der Waals surface area contributed by atoms with Crippen molar-refractivity contribution in [2.75, 3.05) is 30.5 Å². The Morgan fingerprint density at radius 2 is 2.15 bits per heavy atom. The number of aliphatic carboxylic acids is 1. The molecule has 0 radical (unpaired) electrons. The molecule has 1 aromatic heterocycles. The second-order valence-corrected chi connectivity index (χ2v) is 10.4. The topological polar surface area (TPSA) is 170 Å². The smallest absolute Gasteiger partial charge is 0.543 e. The van der Waals surface area contributed by atoms with Crippen molar-refractivity contribution in [2.24, 2.45) is 11.1 Å². The molecule has 0 spiro atoms. The number of β-lactam (4-membered cyclic amide) rings is 1. The fourth-order valence-corrected chi connectivity index (χ4v) is 7.01. The molecule has 3 aliphatic heterocycles. The van der Waals surface area contributed by atoms with E-state index in [1.807, 2.05) is 0 Å². The predicted octanol–water partition coefficient (Wildman–Crippen LogP) is -3.57. The maximum Gasteiger partial charge on any atom is 1.00 e. The number of oxime groups is 1. The van der Waals surface area contributed by atoms with Crippen LogP contribution in [0.4, 0.5) is 5.13 Å². The number of thiazole rings is 1. The van der Waals surface area contributed by atoms with Crippen molar-refractivity contribution < 1.29 is 59.0 Å². The minimum atomic E-state index is -1.42. The summed E-state index contributed by atoms with van der Waals surface area (Å²) in [5.74, 6) is -1.22. The summed E-state index contributed by atoms with van der Waals surface area (Å²) in [5.41, 5.74) is 5.11. The first-order valence-corrected chi connectivity index (χ1v) is 12.7. The van der Waals surface area contributed by atoms with Gasteiger partial charge in [0.2, 0.25) is 0 Å². The SMILES string of the molecule is Nc1nc(/C(=N/O)C(=O)NC2C(=O)N3C(C(=O)[O-])=C(SCC4CCOCC4)CSC23)cs1.[Na+]. The number of carbonyl (C=O) groups is 3. The molecule has 0 saturated carbocycles. The number of thioether (sulfide) groups is 2. The Balaban J connectivity index is 0.00000306. The summed E-state index contributed by atoms with van der Waals surface area (Å²) < 4.78 is 5.35. The number of nitrogen functional groups attached to an aromatic ring is 1. The Kier molecular flexibility index (Phi) is 9.11. The third-order valence-corrected chi connectivity index (χ3v) is 8.79. The number of aromatic nitrogens is 1. The standard InChI is InChI=1S/C18H21N5O6S3.Na/c19-18-20-9(6-32-18)11(22-28)14(24)21-12-15(25)23-13(17(26)27)10(7-31-16(12)23)30-5-8-1-3-29-4-2-8;/h6,8,12,16,28H,1-5,7H2,(H2,19,20)(H,21,24)(H,26,27);/q;+1/p-1/b22-11-;. The molecule has 0 aliphatic carbocycles. The van der Waals surface area contributed by atoms with Crippen LogP contribution in [0.15, 0.2) is 21.1 Å². The normalized spacial score (nSPS) is 23.5. The molecule has 2 saturated heterocycles. The Bertz CT molecular complexity index is 996. The molecule has 15 heteroatoms. The number of anilines is 1. The van der Waals surface area contributed by atoms with E-state index in [0.717, 1.165) is 34.8 Å². The Morgan fingerprint density at radius 3 is 2.76 bits per heavy atom. The molecule has 4 N–H and O–H groups in total. The van der Waals surface area contributed by atoms with E-state index >= 15 is 0 Å². The number of hydrogen-bond acceptors (Lipinski definition) is 12. The van der Waals surface area contributed by atoms with E-state index in [4.69, 9.17) is 10.5 Å². The third-order valence-electron chi connectivity index (χ3n) is 5.33.